The number of aliphatic hydroxyl groups is 2. The predicted octanol–water partition coefficient (Wildman–Crippen LogP) is 3.56. The van der Waals surface area contributed by atoms with Gasteiger partial charge in [-0.05, 0) is 100.0 Å². The molecule has 4 N–H and O–H groups in total. The van der Waals surface area contributed by atoms with E-state index in [9.17, 15) is 10.2 Å². The van der Waals surface area contributed by atoms with Gasteiger partial charge in [0.15, 0.2) is 0 Å². The molecule has 5 rings (SSSR count). The van der Waals surface area contributed by atoms with Crippen LogP contribution < -0.4 is 5.73 Å². The van der Waals surface area contributed by atoms with Crippen molar-refractivity contribution in [2.45, 2.75) is 95.4 Å². The summed E-state index contributed by atoms with van der Waals surface area (Å²) in [5.74, 6) is 1.38. The number of aliphatic hydroxyl groups excluding tert-OH is 1. The molecule has 1 aromatic heterocycles. The van der Waals surface area contributed by atoms with Gasteiger partial charge in [0.1, 0.15) is 5.60 Å². The van der Waals surface area contributed by atoms with E-state index in [2.05, 4.69) is 24.0 Å². The van der Waals surface area contributed by atoms with Gasteiger partial charge in [-0.3, -0.25) is 0 Å². The Hall–Kier alpha value is -1.08. The maximum absolute atomic E-state index is 12.6. The van der Waals surface area contributed by atoms with E-state index in [0.717, 1.165) is 69.8 Å². The number of nitrogens with two attached hydrogens (primary N) is 1. The summed E-state index contributed by atoms with van der Waals surface area (Å²) in [6.07, 6.45) is 13.0. The van der Waals surface area contributed by atoms with Gasteiger partial charge < -0.3 is 20.7 Å². The minimum Gasteiger partial charge on any atom is -0.393 e. The maximum atomic E-state index is 12.6. The lowest BCUT2D eigenvalue weighted by molar-refractivity contribution is -0.248. The topological polar surface area (TPSA) is 101 Å². The van der Waals surface area contributed by atoms with Gasteiger partial charge in [0, 0.05) is 23.8 Å². The van der Waals surface area contributed by atoms with E-state index in [1.54, 1.807) is 6.20 Å². The number of rotatable bonds is 5. The van der Waals surface area contributed by atoms with Crippen molar-refractivity contribution in [2.24, 2.45) is 34.3 Å². The third-order valence-electron chi connectivity index (χ3n) is 10.7. The van der Waals surface area contributed by atoms with E-state index >= 15 is 0 Å². The first kappa shape index (κ1) is 22.7. The second-order valence-electron chi connectivity index (χ2n) is 11.7. The number of aromatic nitrogens is 2. The lowest BCUT2D eigenvalue weighted by Gasteiger charge is -2.64. The van der Waals surface area contributed by atoms with Crippen LogP contribution in [0.3, 0.4) is 0 Å². The SMILES string of the molecule is C[C@]12CCC(O)CC1CC[C@@H]1[C@H]2CC[C@]2(C)C(OCCCN)(c3ccnnc3)CC[C@@]12O. The highest BCUT2D eigenvalue weighted by Crippen LogP contribution is 2.72. The van der Waals surface area contributed by atoms with E-state index in [4.69, 9.17) is 10.5 Å². The van der Waals surface area contributed by atoms with Crippen LogP contribution in [-0.2, 0) is 10.3 Å². The molecule has 8 atom stereocenters. The molecule has 1 heterocycles. The summed E-state index contributed by atoms with van der Waals surface area (Å²) in [5, 5.41) is 31.1. The zero-order valence-corrected chi connectivity index (χ0v) is 19.8. The molecule has 1 aromatic rings. The normalized spacial score (nSPS) is 48.0. The van der Waals surface area contributed by atoms with Crippen molar-refractivity contribution in [1.82, 2.24) is 10.2 Å². The first-order valence-corrected chi connectivity index (χ1v) is 12.8. The average molecular weight is 444 g/mol. The van der Waals surface area contributed by atoms with E-state index < -0.39 is 11.2 Å². The summed E-state index contributed by atoms with van der Waals surface area (Å²) in [4.78, 5) is 0. The summed E-state index contributed by atoms with van der Waals surface area (Å²) < 4.78 is 6.74. The van der Waals surface area contributed by atoms with Crippen molar-refractivity contribution < 1.29 is 14.9 Å². The van der Waals surface area contributed by atoms with Gasteiger partial charge in [-0.15, -0.1) is 0 Å². The standard InChI is InChI=1S/C26H41N3O3/c1-23-9-6-20(30)16-18(23)4-5-22-21(23)7-10-24(2)25(22,31)11-12-26(24,32-15-3-13-27)19-8-14-28-29-17-19/h8,14,17-18,20-22,30-31H,3-7,9-13,15-16,27H2,1-2H3/t18?,20?,21-,22-,23+,24+,25-,26?/m1/s1. The quantitative estimate of drug-likeness (QED) is 0.602. The lowest BCUT2D eigenvalue weighted by atomic mass is 9.43. The van der Waals surface area contributed by atoms with Crippen molar-refractivity contribution >= 4 is 0 Å². The molecular formula is C26H41N3O3. The fourth-order valence-electron chi connectivity index (χ4n) is 8.84. The Morgan fingerprint density at radius 1 is 1.06 bits per heavy atom. The van der Waals surface area contributed by atoms with E-state index in [1.165, 1.54) is 0 Å². The predicted molar refractivity (Wildman–Crippen MR) is 123 cm³/mol. The second kappa shape index (κ2) is 8.00. The third-order valence-corrected chi connectivity index (χ3v) is 10.7. The number of fused-ring (bicyclic) bond motifs is 5. The minimum absolute atomic E-state index is 0.143. The number of hydrogen-bond acceptors (Lipinski definition) is 6. The Balaban J connectivity index is 1.52. The molecule has 0 spiro atoms. The molecule has 0 bridgehead atoms. The number of hydrogen-bond donors (Lipinski definition) is 3. The van der Waals surface area contributed by atoms with Crippen LogP contribution in [0.2, 0.25) is 0 Å². The smallest absolute Gasteiger partial charge is 0.103 e. The first-order valence-electron chi connectivity index (χ1n) is 12.8. The third kappa shape index (κ3) is 2.98. The fourth-order valence-corrected chi connectivity index (χ4v) is 8.84. The molecule has 6 nitrogen and oxygen atoms in total. The Bertz CT molecular complexity index is 824. The Morgan fingerprint density at radius 2 is 1.91 bits per heavy atom. The lowest BCUT2D eigenvalue weighted by Crippen LogP contribution is -2.65. The van der Waals surface area contributed by atoms with Crippen LogP contribution in [0.15, 0.2) is 18.5 Å². The molecule has 178 valence electrons. The van der Waals surface area contributed by atoms with Crippen LogP contribution in [0.4, 0.5) is 0 Å². The highest BCUT2D eigenvalue weighted by Gasteiger charge is 2.72. The van der Waals surface area contributed by atoms with Crippen LogP contribution in [0.5, 0.6) is 0 Å². The van der Waals surface area contributed by atoms with Crippen molar-refractivity contribution in [2.75, 3.05) is 13.2 Å². The van der Waals surface area contributed by atoms with Gasteiger partial charge in [-0.1, -0.05) is 13.8 Å². The molecule has 4 aliphatic rings. The van der Waals surface area contributed by atoms with Crippen LogP contribution in [0.25, 0.3) is 0 Å². The fraction of sp³-hybridized carbons (Fsp3) is 0.846. The molecule has 4 saturated carbocycles. The highest BCUT2D eigenvalue weighted by atomic mass is 16.5. The summed E-state index contributed by atoms with van der Waals surface area (Å²) in [7, 11) is 0. The van der Waals surface area contributed by atoms with E-state index in [0.29, 0.717) is 25.0 Å². The van der Waals surface area contributed by atoms with Crippen molar-refractivity contribution in [1.29, 1.82) is 0 Å². The van der Waals surface area contributed by atoms with E-state index in [1.807, 2.05) is 12.3 Å². The van der Waals surface area contributed by atoms with Crippen molar-refractivity contribution in [3.8, 4) is 0 Å². The van der Waals surface area contributed by atoms with Crippen LogP contribution >= 0.6 is 0 Å². The first-order chi connectivity index (χ1) is 15.3. The molecule has 0 aliphatic heterocycles. The average Bonchev–Trinajstić information content (AvgIpc) is 3.03. The van der Waals surface area contributed by atoms with E-state index in [-0.39, 0.29) is 22.9 Å². The zero-order valence-electron chi connectivity index (χ0n) is 19.8. The van der Waals surface area contributed by atoms with Gasteiger partial charge in [0.2, 0.25) is 0 Å². The van der Waals surface area contributed by atoms with Crippen LogP contribution in [-0.4, -0.2) is 45.3 Å². The minimum atomic E-state index is -0.758. The highest BCUT2D eigenvalue weighted by molar-refractivity contribution is 5.31. The summed E-state index contributed by atoms with van der Waals surface area (Å²) >= 11 is 0. The Kier molecular flexibility index (Phi) is 5.68. The molecule has 4 fully saturated rings. The molecule has 3 unspecified atom stereocenters. The molecule has 0 saturated heterocycles. The molecular weight excluding hydrogens is 402 g/mol. The summed E-state index contributed by atoms with van der Waals surface area (Å²) in [5.41, 5.74) is 5.37. The van der Waals surface area contributed by atoms with Gasteiger partial charge >= 0.3 is 0 Å². The van der Waals surface area contributed by atoms with Crippen LogP contribution in [0.1, 0.15) is 83.6 Å². The molecule has 6 heteroatoms. The zero-order chi connectivity index (χ0) is 22.6. The number of nitrogens with zero attached hydrogens (tertiary/aromatic N) is 2. The molecule has 32 heavy (non-hydrogen) atoms. The monoisotopic (exact) mass is 443 g/mol. The summed E-state index contributed by atoms with van der Waals surface area (Å²) in [6.45, 7) is 5.93. The Labute approximate surface area is 192 Å². The summed E-state index contributed by atoms with van der Waals surface area (Å²) in [6, 6.07) is 2.03. The molecule has 0 aromatic carbocycles. The molecule has 4 aliphatic carbocycles. The molecule has 0 amide bonds. The van der Waals surface area contributed by atoms with Crippen molar-refractivity contribution in [3.63, 3.8) is 0 Å². The second-order valence-corrected chi connectivity index (χ2v) is 11.7. The largest absolute Gasteiger partial charge is 0.393 e. The number of ether oxygens (including phenoxy) is 1. The van der Waals surface area contributed by atoms with Gasteiger partial charge in [-0.2, -0.15) is 10.2 Å². The Morgan fingerprint density at radius 3 is 2.66 bits per heavy atom. The maximum Gasteiger partial charge on any atom is 0.103 e. The van der Waals surface area contributed by atoms with Gasteiger partial charge in [0.25, 0.3) is 0 Å². The van der Waals surface area contributed by atoms with Gasteiger partial charge in [0.05, 0.1) is 17.9 Å². The van der Waals surface area contributed by atoms with Gasteiger partial charge in [-0.25, -0.2) is 0 Å². The molecule has 0 radical (unpaired) electrons. The van der Waals surface area contributed by atoms with Crippen molar-refractivity contribution in [3.05, 3.63) is 24.0 Å². The van der Waals surface area contributed by atoms with Crippen LogP contribution in [0, 0.1) is 28.6 Å².